The molecule has 0 aliphatic carbocycles. The number of benzene rings is 2. The maximum absolute atomic E-state index is 12.3. The Labute approximate surface area is 153 Å². The van der Waals surface area contributed by atoms with Crippen molar-refractivity contribution in [1.29, 1.82) is 0 Å². The van der Waals surface area contributed by atoms with Gasteiger partial charge in [0.2, 0.25) is 11.9 Å². The van der Waals surface area contributed by atoms with E-state index in [2.05, 4.69) is 15.1 Å². The predicted octanol–water partition coefficient (Wildman–Crippen LogP) is 2.25. The third kappa shape index (κ3) is 2.43. The van der Waals surface area contributed by atoms with Crippen LogP contribution in [0.15, 0.2) is 36.4 Å². The highest BCUT2D eigenvalue weighted by Crippen LogP contribution is 2.35. The minimum absolute atomic E-state index is 0.185. The summed E-state index contributed by atoms with van der Waals surface area (Å²) >= 11 is 0. The lowest BCUT2D eigenvalue weighted by atomic mass is 10.2. The summed E-state index contributed by atoms with van der Waals surface area (Å²) in [6, 6.07) is 10.7. The van der Waals surface area contributed by atoms with Crippen molar-refractivity contribution in [3.05, 3.63) is 36.4 Å². The maximum Gasteiger partial charge on any atom is 0.253 e. The summed E-state index contributed by atoms with van der Waals surface area (Å²) in [5, 5.41) is 3.14. The number of nitrogens with two attached hydrogens (primary N) is 1. The Bertz CT molecular complexity index is 1180. The lowest BCUT2D eigenvalue weighted by Crippen LogP contribution is -2.24. The highest BCUT2D eigenvalue weighted by atomic mass is 16.6. The van der Waals surface area contributed by atoms with Gasteiger partial charge in [-0.3, -0.25) is 9.89 Å². The summed E-state index contributed by atoms with van der Waals surface area (Å²) in [6.07, 6.45) is 0. The number of hydrogen-bond donors (Lipinski definition) is 2. The molecule has 0 saturated carbocycles. The van der Waals surface area contributed by atoms with Crippen LogP contribution in [0, 0.1) is 0 Å². The van der Waals surface area contributed by atoms with Crippen molar-refractivity contribution in [2.45, 2.75) is 6.92 Å². The fourth-order valence-corrected chi connectivity index (χ4v) is 3.18. The number of ether oxygens (including phenoxy) is 2. The third-order valence-corrected chi connectivity index (χ3v) is 4.40. The molecule has 1 aliphatic heterocycles. The molecule has 1 amide bonds. The maximum atomic E-state index is 12.3. The number of H-pyrrole nitrogens is 1. The van der Waals surface area contributed by atoms with Gasteiger partial charge < -0.3 is 15.2 Å². The molecule has 0 bridgehead atoms. The van der Waals surface area contributed by atoms with E-state index in [1.807, 2.05) is 12.1 Å². The molecule has 4 aromatic rings. The van der Waals surface area contributed by atoms with Crippen LogP contribution in [0.3, 0.4) is 0 Å². The van der Waals surface area contributed by atoms with Crippen molar-refractivity contribution in [3.63, 3.8) is 0 Å². The summed E-state index contributed by atoms with van der Waals surface area (Å²) < 4.78 is 13.0. The van der Waals surface area contributed by atoms with Gasteiger partial charge in [-0.2, -0.15) is 4.98 Å². The second-order valence-corrected chi connectivity index (χ2v) is 6.22. The third-order valence-electron chi connectivity index (χ3n) is 4.40. The van der Waals surface area contributed by atoms with Crippen LogP contribution in [-0.4, -0.2) is 38.7 Å². The van der Waals surface area contributed by atoms with E-state index in [0.717, 1.165) is 11.0 Å². The van der Waals surface area contributed by atoms with E-state index in [4.69, 9.17) is 15.2 Å². The quantitative estimate of drug-likeness (QED) is 0.528. The molecule has 0 radical (unpaired) electrons. The molecule has 0 atom stereocenters. The molecule has 3 heterocycles. The minimum atomic E-state index is -0.185. The van der Waals surface area contributed by atoms with Gasteiger partial charge in [-0.15, -0.1) is 0 Å². The number of hydrogen-bond acceptors (Lipinski definition) is 6. The molecule has 0 unspecified atom stereocenters. The number of nitrogens with zero attached hydrogens (tertiary/aromatic N) is 4. The van der Waals surface area contributed by atoms with Crippen molar-refractivity contribution >= 4 is 40.0 Å². The number of carbonyl (C=O) groups excluding carboxylic acids is 1. The van der Waals surface area contributed by atoms with Crippen LogP contribution in [-0.2, 0) is 4.79 Å². The molecule has 2 aromatic carbocycles. The largest absolute Gasteiger partial charge is 0.486 e. The van der Waals surface area contributed by atoms with Gasteiger partial charge in [0.05, 0.1) is 16.7 Å². The first-order chi connectivity index (χ1) is 13.1. The lowest BCUT2D eigenvalue weighted by molar-refractivity contribution is -0.115. The normalized spacial score (nSPS) is 13.2. The molecule has 9 heteroatoms. The number of aromatic nitrogens is 4. The van der Waals surface area contributed by atoms with Gasteiger partial charge in [0.15, 0.2) is 11.5 Å². The van der Waals surface area contributed by atoms with Crippen LogP contribution < -0.4 is 20.1 Å². The van der Waals surface area contributed by atoms with Gasteiger partial charge in [0.25, 0.3) is 5.78 Å². The van der Waals surface area contributed by atoms with E-state index >= 15 is 0 Å². The van der Waals surface area contributed by atoms with Crippen LogP contribution in [0.4, 0.5) is 17.3 Å². The zero-order valence-corrected chi connectivity index (χ0v) is 14.5. The van der Waals surface area contributed by atoms with Crippen LogP contribution >= 0.6 is 0 Å². The van der Waals surface area contributed by atoms with Gasteiger partial charge in [0, 0.05) is 24.7 Å². The first kappa shape index (κ1) is 15.5. The number of imidazole rings is 1. The standard InChI is InChI=1S/C18H16N6O3/c1-10(25)23(12-4-2-11(19)3-5-12)18-21-17-20-13-8-15-16(27-7-6-26-15)9-14(13)24(17)22-18/h2-5,8-9H,6-7,19H2,1H3,(H,20,21,22). The zero-order valence-electron chi connectivity index (χ0n) is 14.5. The van der Waals surface area contributed by atoms with Crippen molar-refractivity contribution in [3.8, 4) is 11.5 Å². The number of nitrogen functional groups attached to an aromatic ring is 1. The first-order valence-corrected chi connectivity index (χ1v) is 8.44. The number of aromatic amines is 1. The highest BCUT2D eigenvalue weighted by Gasteiger charge is 2.21. The lowest BCUT2D eigenvalue weighted by Gasteiger charge is -2.18. The predicted molar refractivity (Wildman–Crippen MR) is 99.5 cm³/mol. The number of carbonyl (C=O) groups is 1. The molecule has 0 spiro atoms. The molecule has 9 nitrogen and oxygen atoms in total. The number of fused-ring (bicyclic) bond motifs is 4. The van der Waals surface area contributed by atoms with E-state index in [9.17, 15) is 4.79 Å². The van der Waals surface area contributed by atoms with Crippen LogP contribution in [0.2, 0.25) is 0 Å². The Morgan fingerprint density at radius 3 is 2.56 bits per heavy atom. The average Bonchev–Trinajstić information content (AvgIpc) is 3.19. The van der Waals surface area contributed by atoms with Gasteiger partial charge in [-0.25, -0.2) is 14.4 Å². The molecule has 5 rings (SSSR count). The average molecular weight is 364 g/mol. The summed E-state index contributed by atoms with van der Waals surface area (Å²) in [6.45, 7) is 2.49. The highest BCUT2D eigenvalue weighted by molar-refractivity contribution is 5.97. The van der Waals surface area contributed by atoms with E-state index in [1.165, 1.54) is 11.8 Å². The number of rotatable bonds is 2. The molecule has 136 valence electrons. The Morgan fingerprint density at radius 1 is 1.15 bits per heavy atom. The zero-order chi connectivity index (χ0) is 18.5. The van der Waals surface area contributed by atoms with Crippen LogP contribution in [0.1, 0.15) is 6.92 Å². The summed E-state index contributed by atoms with van der Waals surface area (Å²) in [5.74, 6) is 1.96. The number of amides is 1. The molecular formula is C18H16N6O3. The summed E-state index contributed by atoms with van der Waals surface area (Å²) in [5.41, 5.74) is 8.53. The first-order valence-electron chi connectivity index (χ1n) is 8.44. The van der Waals surface area contributed by atoms with E-state index in [1.54, 1.807) is 28.8 Å². The van der Waals surface area contributed by atoms with Crippen LogP contribution in [0.5, 0.6) is 11.5 Å². The number of anilines is 3. The minimum Gasteiger partial charge on any atom is -0.486 e. The van der Waals surface area contributed by atoms with E-state index in [-0.39, 0.29) is 5.91 Å². The topological polar surface area (TPSA) is 111 Å². The Morgan fingerprint density at radius 2 is 1.85 bits per heavy atom. The Balaban J connectivity index is 1.64. The Kier molecular flexibility index (Phi) is 3.23. The van der Waals surface area contributed by atoms with Gasteiger partial charge in [-0.1, -0.05) is 0 Å². The van der Waals surface area contributed by atoms with Crippen molar-refractivity contribution in [2.24, 2.45) is 0 Å². The van der Waals surface area contributed by atoms with Crippen molar-refractivity contribution in [2.75, 3.05) is 23.8 Å². The second kappa shape index (κ2) is 5.63. The molecule has 2 aromatic heterocycles. The van der Waals surface area contributed by atoms with Crippen molar-refractivity contribution < 1.29 is 14.3 Å². The molecule has 3 N–H and O–H groups in total. The summed E-state index contributed by atoms with van der Waals surface area (Å²) in [4.78, 5) is 22.7. The fraction of sp³-hybridized carbons (Fsp3) is 0.167. The fourth-order valence-electron chi connectivity index (χ4n) is 3.18. The van der Waals surface area contributed by atoms with Gasteiger partial charge in [-0.05, 0) is 24.3 Å². The SMILES string of the molecule is CC(=O)N(c1ccc(N)cc1)c1nc2nc3cc4c(cc3n2[nH]1)OCCO4. The molecule has 0 saturated heterocycles. The van der Waals surface area contributed by atoms with Crippen LogP contribution in [0.25, 0.3) is 16.8 Å². The molecule has 1 aliphatic rings. The second-order valence-electron chi connectivity index (χ2n) is 6.22. The molecular weight excluding hydrogens is 348 g/mol. The number of nitrogens with one attached hydrogen (secondary N) is 1. The van der Waals surface area contributed by atoms with Gasteiger partial charge >= 0.3 is 0 Å². The van der Waals surface area contributed by atoms with Gasteiger partial charge in [0.1, 0.15) is 13.2 Å². The van der Waals surface area contributed by atoms with Crippen molar-refractivity contribution in [1.82, 2.24) is 19.6 Å². The smallest absolute Gasteiger partial charge is 0.253 e. The molecule has 0 fully saturated rings. The summed E-state index contributed by atoms with van der Waals surface area (Å²) in [7, 11) is 0. The monoisotopic (exact) mass is 364 g/mol. The van der Waals surface area contributed by atoms with E-state index in [0.29, 0.717) is 47.8 Å². The Hall–Kier alpha value is -3.75. The van der Waals surface area contributed by atoms with E-state index < -0.39 is 0 Å². The molecule has 27 heavy (non-hydrogen) atoms.